The van der Waals surface area contributed by atoms with Gasteiger partial charge in [-0.05, 0) is 43.5 Å². The molecule has 3 heteroatoms. The summed E-state index contributed by atoms with van der Waals surface area (Å²) in [5.41, 5.74) is 6.02. The Kier molecular flexibility index (Phi) is 4.07. The second kappa shape index (κ2) is 5.57. The summed E-state index contributed by atoms with van der Waals surface area (Å²) >= 11 is 5.98. The van der Waals surface area contributed by atoms with Crippen LogP contribution < -0.4 is 0 Å². The second-order valence-electron chi connectivity index (χ2n) is 4.76. The van der Waals surface area contributed by atoms with Crippen molar-refractivity contribution < 1.29 is 0 Å². The first-order valence-electron chi connectivity index (χ1n) is 6.36. The van der Waals surface area contributed by atoms with E-state index in [0.717, 1.165) is 24.1 Å². The molecule has 0 saturated heterocycles. The number of aromatic nitrogens is 2. The number of hydrogen-bond donors (Lipinski definition) is 0. The summed E-state index contributed by atoms with van der Waals surface area (Å²) in [5.74, 6) is 0.528. The molecule has 0 unspecified atom stereocenters. The van der Waals surface area contributed by atoms with Gasteiger partial charge in [-0.3, -0.25) is 0 Å². The van der Waals surface area contributed by atoms with Crippen LogP contribution in [0.3, 0.4) is 0 Å². The molecule has 0 spiro atoms. The van der Waals surface area contributed by atoms with Crippen LogP contribution in [0.4, 0.5) is 0 Å². The standard InChI is InChI=1S/C15H19ClN2/c1-4-5-15-13(9-16)10-17-18(15)14-7-11(2)6-12(3)8-14/h6-8,10H,4-5,9H2,1-3H3. The van der Waals surface area contributed by atoms with E-state index in [1.807, 2.05) is 10.9 Å². The average Bonchev–Trinajstić information content (AvgIpc) is 2.71. The van der Waals surface area contributed by atoms with E-state index in [1.165, 1.54) is 16.8 Å². The number of alkyl halides is 1. The third-order valence-electron chi connectivity index (χ3n) is 3.04. The van der Waals surface area contributed by atoms with Crippen LogP contribution >= 0.6 is 11.6 Å². The Morgan fingerprint density at radius 2 is 1.83 bits per heavy atom. The summed E-state index contributed by atoms with van der Waals surface area (Å²) in [6.45, 7) is 6.40. The third-order valence-corrected chi connectivity index (χ3v) is 3.33. The van der Waals surface area contributed by atoms with E-state index in [9.17, 15) is 0 Å². The lowest BCUT2D eigenvalue weighted by molar-refractivity contribution is 0.770. The number of hydrogen-bond acceptors (Lipinski definition) is 1. The van der Waals surface area contributed by atoms with Gasteiger partial charge in [-0.1, -0.05) is 19.4 Å². The maximum atomic E-state index is 5.98. The van der Waals surface area contributed by atoms with Gasteiger partial charge in [0, 0.05) is 11.3 Å². The normalized spacial score (nSPS) is 10.9. The topological polar surface area (TPSA) is 17.8 Å². The SMILES string of the molecule is CCCc1c(CCl)cnn1-c1cc(C)cc(C)c1. The smallest absolute Gasteiger partial charge is 0.0654 e. The molecule has 18 heavy (non-hydrogen) atoms. The monoisotopic (exact) mass is 262 g/mol. The molecule has 2 rings (SSSR count). The molecule has 2 nitrogen and oxygen atoms in total. The molecule has 0 aliphatic carbocycles. The van der Waals surface area contributed by atoms with E-state index in [1.54, 1.807) is 0 Å². The molecule has 0 bridgehead atoms. The number of nitrogens with zero attached hydrogens (tertiary/aromatic N) is 2. The zero-order valence-electron chi connectivity index (χ0n) is 11.2. The van der Waals surface area contributed by atoms with Crippen LogP contribution in [-0.4, -0.2) is 9.78 Å². The van der Waals surface area contributed by atoms with Crippen LogP contribution in [0.25, 0.3) is 5.69 Å². The predicted molar refractivity (Wildman–Crippen MR) is 76.6 cm³/mol. The van der Waals surface area contributed by atoms with Crippen LogP contribution in [0.2, 0.25) is 0 Å². The van der Waals surface area contributed by atoms with Gasteiger partial charge in [0.15, 0.2) is 0 Å². The maximum Gasteiger partial charge on any atom is 0.0654 e. The van der Waals surface area contributed by atoms with Crippen LogP contribution in [0.15, 0.2) is 24.4 Å². The largest absolute Gasteiger partial charge is 0.237 e. The van der Waals surface area contributed by atoms with Crippen molar-refractivity contribution in [3.8, 4) is 5.69 Å². The first-order valence-corrected chi connectivity index (χ1v) is 6.89. The molecular weight excluding hydrogens is 244 g/mol. The van der Waals surface area contributed by atoms with Crippen molar-refractivity contribution in [3.05, 3.63) is 46.8 Å². The summed E-state index contributed by atoms with van der Waals surface area (Å²) < 4.78 is 2.03. The number of halogens is 1. The molecule has 0 radical (unpaired) electrons. The molecule has 0 fully saturated rings. The summed E-state index contributed by atoms with van der Waals surface area (Å²) in [6, 6.07) is 6.50. The van der Waals surface area contributed by atoms with Crippen LogP contribution in [0, 0.1) is 13.8 Å². The highest BCUT2D eigenvalue weighted by atomic mass is 35.5. The Hall–Kier alpha value is -1.28. The first-order chi connectivity index (χ1) is 8.65. The van der Waals surface area contributed by atoms with Gasteiger partial charge in [0.1, 0.15) is 0 Å². The number of benzene rings is 1. The summed E-state index contributed by atoms with van der Waals surface area (Å²) in [5, 5.41) is 4.49. The maximum absolute atomic E-state index is 5.98. The third kappa shape index (κ3) is 2.59. The minimum absolute atomic E-state index is 0.528. The van der Waals surface area contributed by atoms with Gasteiger partial charge in [-0.25, -0.2) is 4.68 Å². The van der Waals surface area contributed by atoms with Gasteiger partial charge in [0.25, 0.3) is 0 Å². The molecule has 1 aromatic carbocycles. The van der Waals surface area contributed by atoms with Gasteiger partial charge in [0.2, 0.25) is 0 Å². The van der Waals surface area contributed by atoms with Crippen molar-refractivity contribution in [2.45, 2.75) is 39.5 Å². The summed E-state index contributed by atoms with van der Waals surface area (Å²) in [6.07, 6.45) is 3.99. The zero-order valence-corrected chi connectivity index (χ0v) is 12.0. The van der Waals surface area contributed by atoms with Gasteiger partial charge in [-0.15, -0.1) is 11.6 Å². The number of aryl methyl sites for hydroxylation is 2. The van der Waals surface area contributed by atoms with Gasteiger partial charge in [-0.2, -0.15) is 5.10 Å². The minimum atomic E-state index is 0.528. The Morgan fingerprint density at radius 1 is 1.17 bits per heavy atom. The summed E-state index contributed by atoms with van der Waals surface area (Å²) in [4.78, 5) is 0. The van der Waals surface area contributed by atoms with Crippen molar-refractivity contribution in [1.29, 1.82) is 0 Å². The zero-order chi connectivity index (χ0) is 13.1. The Balaban J connectivity index is 2.52. The van der Waals surface area contributed by atoms with Crippen LogP contribution in [0.5, 0.6) is 0 Å². The molecule has 96 valence electrons. The van der Waals surface area contributed by atoms with E-state index >= 15 is 0 Å². The molecule has 1 heterocycles. The lowest BCUT2D eigenvalue weighted by Crippen LogP contribution is -2.04. The Labute approximate surface area is 114 Å². The molecule has 0 atom stereocenters. The first kappa shape index (κ1) is 13.2. The lowest BCUT2D eigenvalue weighted by atomic mass is 10.1. The lowest BCUT2D eigenvalue weighted by Gasteiger charge is -2.10. The molecule has 2 aromatic rings. The van der Waals surface area contributed by atoms with Crippen LogP contribution in [0.1, 0.15) is 35.7 Å². The fraction of sp³-hybridized carbons (Fsp3) is 0.400. The van der Waals surface area contributed by atoms with Crippen molar-refractivity contribution in [1.82, 2.24) is 9.78 Å². The predicted octanol–water partition coefficient (Wildman–Crippen LogP) is 4.18. The van der Waals surface area contributed by atoms with Crippen molar-refractivity contribution in [2.24, 2.45) is 0 Å². The minimum Gasteiger partial charge on any atom is -0.237 e. The Bertz CT molecular complexity index is 523. The molecular formula is C15H19ClN2. The molecule has 0 N–H and O–H groups in total. The molecule has 0 saturated carbocycles. The van der Waals surface area contributed by atoms with Crippen molar-refractivity contribution in [2.75, 3.05) is 0 Å². The highest BCUT2D eigenvalue weighted by molar-refractivity contribution is 6.17. The quantitative estimate of drug-likeness (QED) is 0.756. The van der Waals surface area contributed by atoms with E-state index < -0.39 is 0 Å². The van der Waals surface area contributed by atoms with E-state index in [-0.39, 0.29) is 0 Å². The fourth-order valence-electron chi connectivity index (χ4n) is 2.32. The van der Waals surface area contributed by atoms with E-state index in [2.05, 4.69) is 44.1 Å². The van der Waals surface area contributed by atoms with E-state index in [4.69, 9.17) is 11.6 Å². The van der Waals surface area contributed by atoms with E-state index in [0.29, 0.717) is 5.88 Å². The van der Waals surface area contributed by atoms with Gasteiger partial charge < -0.3 is 0 Å². The van der Waals surface area contributed by atoms with Gasteiger partial charge >= 0.3 is 0 Å². The molecule has 0 aliphatic rings. The average molecular weight is 263 g/mol. The molecule has 0 amide bonds. The summed E-state index contributed by atoms with van der Waals surface area (Å²) in [7, 11) is 0. The Morgan fingerprint density at radius 3 is 2.39 bits per heavy atom. The second-order valence-corrected chi connectivity index (χ2v) is 5.03. The van der Waals surface area contributed by atoms with Gasteiger partial charge in [0.05, 0.1) is 17.8 Å². The van der Waals surface area contributed by atoms with Crippen molar-refractivity contribution >= 4 is 11.6 Å². The highest BCUT2D eigenvalue weighted by Gasteiger charge is 2.11. The van der Waals surface area contributed by atoms with Crippen molar-refractivity contribution in [3.63, 3.8) is 0 Å². The highest BCUT2D eigenvalue weighted by Crippen LogP contribution is 2.20. The molecule has 0 aliphatic heterocycles. The molecule has 1 aromatic heterocycles. The number of rotatable bonds is 4. The fourth-order valence-corrected chi connectivity index (χ4v) is 2.54. The van der Waals surface area contributed by atoms with Crippen LogP contribution in [-0.2, 0) is 12.3 Å².